The molecule has 0 spiro atoms. The standard InChI is InChI=1S/C21H31N5O4/c1-4-6-8-15-14-17(27)29-20-18(15)19(28)22-21(23-20)30-24-16(9-7-5-2)26-12-10-25(3)11-13-26/h14H,4-13H2,1-3H3,(H,22,23,28). The highest BCUT2D eigenvalue weighted by Gasteiger charge is 2.19. The van der Waals surface area contributed by atoms with Crippen molar-refractivity contribution in [1.82, 2.24) is 19.8 Å². The number of nitrogens with zero attached hydrogens (tertiary/aromatic N) is 4. The van der Waals surface area contributed by atoms with Gasteiger partial charge in [0.1, 0.15) is 11.2 Å². The molecule has 30 heavy (non-hydrogen) atoms. The Hall–Kier alpha value is -2.68. The van der Waals surface area contributed by atoms with E-state index in [9.17, 15) is 9.59 Å². The highest BCUT2D eigenvalue weighted by atomic mass is 16.6. The van der Waals surface area contributed by atoms with Crippen LogP contribution < -0.4 is 16.0 Å². The summed E-state index contributed by atoms with van der Waals surface area (Å²) < 4.78 is 5.17. The number of aromatic amines is 1. The monoisotopic (exact) mass is 417 g/mol. The molecule has 9 heteroatoms. The van der Waals surface area contributed by atoms with Crippen LogP contribution in [0.4, 0.5) is 0 Å². The Labute approximate surface area is 175 Å². The Morgan fingerprint density at radius 3 is 2.63 bits per heavy atom. The number of oxime groups is 1. The maximum atomic E-state index is 12.6. The second-order valence-electron chi connectivity index (χ2n) is 7.74. The minimum absolute atomic E-state index is 0.0164. The molecule has 0 saturated carbocycles. The van der Waals surface area contributed by atoms with Crippen molar-refractivity contribution in [2.24, 2.45) is 5.16 Å². The summed E-state index contributed by atoms with van der Waals surface area (Å²) in [4.78, 5) is 41.4. The molecule has 2 aromatic heterocycles. The summed E-state index contributed by atoms with van der Waals surface area (Å²) in [5.74, 6) is 0.839. The van der Waals surface area contributed by atoms with Crippen molar-refractivity contribution >= 4 is 16.9 Å². The molecule has 2 aromatic rings. The Morgan fingerprint density at radius 2 is 1.93 bits per heavy atom. The number of nitrogens with one attached hydrogen (secondary N) is 1. The second-order valence-corrected chi connectivity index (χ2v) is 7.74. The van der Waals surface area contributed by atoms with Gasteiger partial charge in [0, 0.05) is 38.7 Å². The van der Waals surface area contributed by atoms with Crippen molar-refractivity contribution in [2.45, 2.75) is 52.4 Å². The van der Waals surface area contributed by atoms with Gasteiger partial charge in [-0.15, -0.1) is 0 Å². The number of hydrogen-bond acceptors (Lipinski definition) is 7. The van der Waals surface area contributed by atoms with Gasteiger partial charge in [-0.2, -0.15) is 4.98 Å². The molecule has 164 valence electrons. The van der Waals surface area contributed by atoms with Crippen LogP contribution in [0.15, 0.2) is 25.2 Å². The van der Waals surface area contributed by atoms with E-state index in [4.69, 9.17) is 9.25 Å². The maximum Gasteiger partial charge on any atom is 0.337 e. The van der Waals surface area contributed by atoms with Crippen molar-refractivity contribution in [3.05, 3.63) is 32.4 Å². The number of likely N-dealkylation sites (N-methyl/N-ethyl adjacent to an activating group) is 1. The minimum atomic E-state index is -0.526. The molecule has 0 atom stereocenters. The van der Waals surface area contributed by atoms with Crippen LogP contribution in [-0.4, -0.2) is 58.8 Å². The Bertz CT molecular complexity index is 989. The van der Waals surface area contributed by atoms with Crippen molar-refractivity contribution in [3.8, 4) is 6.01 Å². The molecule has 0 unspecified atom stereocenters. The van der Waals surface area contributed by atoms with Gasteiger partial charge in [0.05, 0.1) is 0 Å². The molecular formula is C21H31N5O4. The van der Waals surface area contributed by atoms with E-state index in [1.54, 1.807) is 0 Å². The van der Waals surface area contributed by atoms with Crippen LogP contribution in [0.5, 0.6) is 6.01 Å². The fourth-order valence-electron chi connectivity index (χ4n) is 3.49. The van der Waals surface area contributed by atoms with Gasteiger partial charge in [-0.3, -0.25) is 9.78 Å². The molecule has 1 saturated heterocycles. The van der Waals surface area contributed by atoms with Crippen molar-refractivity contribution < 1.29 is 9.25 Å². The average molecular weight is 418 g/mol. The molecule has 3 heterocycles. The van der Waals surface area contributed by atoms with Crippen LogP contribution in [0.3, 0.4) is 0 Å². The van der Waals surface area contributed by atoms with Gasteiger partial charge in [-0.1, -0.05) is 31.8 Å². The number of aryl methyl sites for hydroxylation is 1. The molecule has 0 aromatic carbocycles. The first kappa shape index (κ1) is 22.0. The van der Waals surface area contributed by atoms with Crippen LogP contribution >= 0.6 is 0 Å². The number of fused-ring (bicyclic) bond motifs is 1. The zero-order valence-electron chi connectivity index (χ0n) is 18.1. The third-order valence-corrected chi connectivity index (χ3v) is 5.33. The predicted octanol–water partition coefficient (Wildman–Crippen LogP) is 2.35. The van der Waals surface area contributed by atoms with Crippen molar-refractivity contribution in [1.29, 1.82) is 0 Å². The van der Waals surface area contributed by atoms with Gasteiger partial charge in [-0.05, 0) is 31.9 Å². The highest BCUT2D eigenvalue weighted by Crippen LogP contribution is 2.16. The predicted molar refractivity (Wildman–Crippen MR) is 116 cm³/mol. The SMILES string of the molecule is CCCCC(=NOc1nc2oc(=O)cc(CCCC)c2c(=O)[nH]1)N1CCN(C)CC1. The number of rotatable bonds is 8. The first-order chi connectivity index (χ1) is 14.5. The number of H-pyrrole nitrogens is 1. The molecule has 1 fully saturated rings. The molecule has 1 aliphatic heterocycles. The topological polar surface area (TPSA) is 104 Å². The van der Waals surface area contributed by atoms with Crippen molar-refractivity contribution in [2.75, 3.05) is 33.2 Å². The molecule has 0 radical (unpaired) electrons. The molecule has 9 nitrogen and oxygen atoms in total. The van der Waals surface area contributed by atoms with Gasteiger partial charge >= 0.3 is 11.6 Å². The lowest BCUT2D eigenvalue weighted by atomic mass is 10.1. The fraction of sp³-hybridized carbons (Fsp3) is 0.619. The lowest BCUT2D eigenvalue weighted by Gasteiger charge is -2.34. The number of hydrogen-bond donors (Lipinski definition) is 1. The van der Waals surface area contributed by atoms with Gasteiger partial charge in [-0.25, -0.2) is 4.79 Å². The lowest BCUT2D eigenvalue weighted by Crippen LogP contribution is -2.47. The van der Waals surface area contributed by atoms with Crippen LogP contribution in [0.2, 0.25) is 0 Å². The first-order valence-corrected chi connectivity index (χ1v) is 10.8. The van der Waals surface area contributed by atoms with E-state index in [0.29, 0.717) is 17.4 Å². The number of amidine groups is 1. The van der Waals surface area contributed by atoms with E-state index in [-0.39, 0.29) is 11.7 Å². The minimum Gasteiger partial charge on any atom is -0.403 e. The summed E-state index contributed by atoms with van der Waals surface area (Å²) >= 11 is 0. The Kier molecular flexibility index (Phi) is 7.62. The summed E-state index contributed by atoms with van der Waals surface area (Å²) in [7, 11) is 2.10. The Balaban J connectivity index is 1.87. The van der Waals surface area contributed by atoms with Gasteiger partial charge in [0.25, 0.3) is 5.56 Å². The first-order valence-electron chi connectivity index (χ1n) is 10.8. The number of unbranched alkanes of at least 4 members (excludes halogenated alkanes) is 2. The maximum absolute atomic E-state index is 12.6. The van der Waals surface area contributed by atoms with Gasteiger partial charge in [0.15, 0.2) is 0 Å². The normalized spacial score (nSPS) is 15.7. The summed E-state index contributed by atoms with van der Waals surface area (Å²) in [6.45, 7) is 7.85. The van der Waals surface area contributed by atoms with E-state index in [0.717, 1.165) is 64.1 Å². The van der Waals surface area contributed by atoms with E-state index in [2.05, 4.69) is 45.8 Å². The largest absolute Gasteiger partial charge is 0.403 e. The summed E-state index contributed by atoms with van der Waals surface area (Å²) in [6.07, 6.45) is 5.26. The van der Waals surface area contributed by atoms with Gasteiger partial charge < -0.3 is 19.1 Å². The number of piperazine rings is 1. The van der Waals surface area contributed by atoms with Crippen LogP contribution in [0.1, 0.15) is 51.5 Å². The molecule has 1 aliphatic rings. The molecule has 3 rings (SSSR count). The quantitative estimate of drug-likeness (QED) is 0.399. The van der Waals surface area contributed by atoms with Crippen LogP contribution in [-0.2, 0) is 6.42 Å². The zero-order chi connectivity index (χ0) is 21.5. The van der Waals surface area contributed by atoms with Crippen LogP contribution in [0, 0.1) is 0 Å². The van der Waals surface area contributed by atoms with Crippen LogP contribution in [0.25, 0.3) is 11.1 Å². The fourth-order valence-corrected chi connectivity index (χ4v) is 3.49. The summed E-state index contributed by atoms with van der Waals surface area (Å²) in [6, 6.07) is 1.29. The van der Waals surface area contributed by atoms with E-state index in [1.807, 2.05) is 0 Å². The third kappa shape index (κ3) is 5.47. The number of aromatic nitrogens is 2. The second kappa shape index (κ2) is 10.4. The Morgan fingerprint density at radius 1 is 1.20 bits per heavy atom. The summed E-state index contributed by atoms with van der Waals surface area (Å²) in [5.41, 5.74) is -0.290. The molecule has 0 bridgehead atoms. The zero-order valence-corrected chi connectivity index (χ0v) is 18.1. The van der Waals surface area contributed by atoms with E-state index < -0.39 is 11.2 Å². The van der Waals surface area contributed by atoms with Gasteiger partial charge in [0.2, 0.25) is 5.71 Å². The third-order valence-electron chi connectivity index (χ3n) is 5.33. The van der Waals surface area contributed by atoms with Crippen molar-refractivity contribution in [3.63, 3.8) is 0 Å². The highest BCUT2D eigenvalue weighted by molar-refractivity contribution is 5.82. The summed E-state index contributed by atoms with van der Waals surface area (Å²) in [5, 5.41) is 4.59. The smallest absolute Gasteiger partial charge is 0.337 e. The lowest BCUT2D eigenvalue weighted by molar-refractivity contribution is 0.205. The van der Waals surface area contributed by atoms with E-state index >= 15 is 0 Å². The average Bonchev–Trinajstić information content (AvgIpc) is 2.72. The molecular weight excluding hydrogens is 386 g/mol. The molecule has 0 amide bonds. The molecule has 1 N–H and O–H groups in total. The van der Waals surface area contributed by atoms with E-state index in [1.165, 1.54) is 6.07 Å². The molecule has 0 aliphatic carbocycles.